The summed E-state index contributed by atoms with van der Waals surface area (Å²) in [5, 5.41) is 0. The Kier molecular flexibility index (Phi) is 5.31. The van der Waals surface area contributed by atoms with Crippen molar-refractivity contribution in [2.45, 2.75) is 30.2 Å². The second-order valence-electron chi connectivity index (χ2n) is 6.69. The Morgan fingerprint density at radius 2 is 1.84 bits per heavy atom. The number of piperazine rings is 1. The minimum absolute atomic E-state index is 0.0213. The largest absolute Gasteiger partial charge is 0.367 e. The molecule has 1 aromatic rings. The van der Waals surface area contributed by atoms with E-state index in [-0.39, 0.29) is 22.8 Å². The van der Waals surface area contributed by atoms with E-state index in [2.05, 4.69) is 4.72 Å². The number of nitrogens with one attached hydrogen (secondary N) is 1. The van der Waals surface area contributed by atoms with Gasteiger partial charge in [0.25, 0.3) is 0 Å². The maximum atomic E-state index is 12.6. The highest BCUT2D eigenvalue weighted by molar-refractivity contribution is 7.89. The number of carbonyl (C=O) groups excluding carboxylic acids is 1. The Balaban J connectivity index is 1.70. The van der Waals surface area contributed by atoms with Gasteiger partial charge in [-0.2, -0.15) is 0 Å². The van der Waals surface area contributed by atoms with Crippen LogP contribution in [-0.4, -0.2) is 58.5 Å². The van der Waals surface area contributed by atoms with Gasteiger partial charge in [-0.15, -0.1) is 0 Å². The lowest BCUT2D eigenvalue weighted by atomic mass is 10.0. The highest BCUT2D eigenvalue weighted by atomic mass is 32.2. The van der Waals surface area contributed by atoms with Gasteiger partial charge >= 0.3 is 0 Å². The van der Waals surface area contributed by atoms with Crippen LogP contribution in [0.1, 0.15) is 19.3 Å². The molecule has 1 amide bonds. The van der Waals surface area contributed by atoms with Crippen molar-refractivity contribution >= 4 is 21.6 Å². The molecular formula is C17H26N4O3S. The number of hydrogen-bond acceptors (Lipinski definition) is 5. The van der Waals surface area contributed by atoms with Crippen molar-refractivity contribution in [2.24, 2.45) is 11.7 Å². The predicted octanol–water partition coefficient (Wildman–Crippen LogP) is 0.371. The third-order valence-electron chi connectivity index (χ3n) is 5.24. The fourth-order valence-electron chi connectivity index (χ4n) is 3.75. The van der Waals surface area contributed by atoms with Crippen LogP contribution in [0.15, 0.2) is 29.2 Å². The van der Waals surface area contributed by atoms with Gasteiger partial charge in [-0.3, -0.25) is 4.79 Å². The van der Waals surface area contributed by atoms with Crippen LogP contribution in [0.4, 0.5) is 5.69 Å². The first-order valence-corrected chi connectivity index (χ1v) is 10.2. The van der Waals surface area contributed by atoms with E-state index in [1.54, 1.807) is 12.1 Å². The number of para-hydroxylation sites is 1. The van der Waals surface area contributed by atoms with Gasteiger partial charge in [0.05, 0.1) is 11.6 Å². The highest BCUT2D eigenvalue weighted by Gasteiger charge is 2.35. The lowest BCUT2D eigenvalue weighted by molar-refractivity contribution is -0.136. The highest BCUT2D eigenvalue weighted by Crippen LogP contribution is 2.28. The summed E-state index contributed by atoms with van der Waals surface area (Å²) < 4.78 is 26.8. The maximum Gasteiger partial charge on any atom is 0.242 e. The van der Waals surface area contributed by atoms with E-state index >= 15 is 0 Å². The number of amides is 1. The molecule has 1 saturated carbocycles. The molecule has 2 fully saturated rings. The van der Waals surface area contributed by atoms with Crippen LogP contribution in [0.3, 0.4) is 0 Å². The molecule has 1 aliphatic heterocycles. The van der Waals surface area contributed by atoms with Gasteiger partial charge in [0, 0.05) is 32.2 Å². The van der Waals surface area contributed by atoms with Gasteiger partial charge in [-0.25, -0.2) is 13.1 Å². The topological polar surface area (TPSA) is 95.7 Å². The zero-order valence-corrected chi connectivity index (χ0v) is 15.3. The Morgan fingerprint density at radius 1 is 1.16 bits per heavy atom. The maximum absolute atomic E-state index is 12.6. The second-order valence-corrected chi connectivity index (χ2v) is 8.54. The molecule has 0 radical (unpaired) electrons. The molecule has 3 N–H and O–H groups in total. The monoisotopic (exact) mass is 366 g/mol. The summed E-state index contributed by atoms with van der Waals surface area (Å²) in [6, 6.07) is 6.95. The molecule has 1 aliphatic carbocycles. The minimum Gasteiger partial charge on any atom is -0.367 e. The molecule has 1 aromatic carbocycles. The lowest BCUT2D eigenvalue weighted by Gasteiger charge is -2.38. The number of rotatable bonds is 4. The molecule has 0 aromatic heterocycles. The molecular weight excluding hydrogens is 340 g/mol. The number of sulfonamides is 1. The molecule has 1 saturated heterocycles. The van der Waals surface area contributed by atoms with Crippen molar-refractivity contribution in [1.82, 2.24) is 9.62 Å². The van der Waals surface area contributed by atoms with Crippen LogP contribution in [0, 0.1) is 5.92 Å². The van der Waals surface area contributed by atoms with Gasteiger partial charge in [0.15, 0.2) is 0 Å². The number of carbonyl (C=O) groups is 1. The van der Waals surface area contributed by atoms with Crippen LogP contribution in [0.25, 0.3) is 0 Å². The molecule has 2 aliphatic rings. The third-order valence-corrected chi connectivity index (χ3v) is 6.70. The fraction of sp³-hybridized carbons (Fsp3) is 0.588. The smallest absolute Gasteiger partial charge is 0.242 e. The predicted molar refractivity (Wildman–Crippen MR) is 96.8 cm³/mol. The van der Waals surface area contributed by atoms with Crippen molar-refractivity contribution in [3.63, 3.8) is 0 Å². The Labute approximate surface area is 149 Å². The van der Waals surface area contributed by atoms with Gasteiger partial charge in [0.2, 0.25) is 15.9 Å². The van der Waals surface area contributed by atoms with Gasteiger partial charge in [-0.05, 0) is 32.0 Å². The van der Waals surface area contributed by atoms with Crippen molar-refractivity contribution in [1.29, 1.82) is 0 Å². The Bertz CT molecular complexity index is 729. The molecule has 25 heavy (non-hydrogen) atoms. The quantitative estimate of drug-likeness (QED) is 0.803. The van der Waals surface area contributed by atoms with Gasteiger partial charge in [-0.1, -0.05) is 18.6 Å². The first-order chi connectivity index (χ1) is 11.9. The summed E-state index contributed by atoms with van der Waals surface area (Å²) in [6.45, 7) is 2.42. The number of benzene rings is 1. The number of hydrogen-bond donors (Lipinski definition) is 2. The zero-order chi connectivity index (χ0) is 18.0. The summed E-state index contributed by atoms with van der Waals surface area (Å²) in [6.07, 6.45) is 2.82. The SMILES string of the molecule is CNS(=O)(=O)c1ccccc1N1CCN(C(=O)[C@@H]2CCC[C@H]2N)CC1. The standard InChI is InChI=1S/C17H26N4O3S/c1-19-25(23,24)16-8-3-2-7-15(16)20-9-11-21(12-10-20)17(22)13-5-4-6-14(13)18/h2-3,7-8,13-14,19H,4-6,9-12,18H2,1H3/t13-,14-/m1/s1. The average molecular weight is 366 g/mol. The molecule has 0 bridgehead atoms. The summed E-state index contributed by atoms with van der Waals surface area (Å²) in [7, 11) is -2.11. The molecule has 0 spiro atoms. The van der Waals surface area contributed by atoms with Crippen molar-refractivity contribution < 1.29 is 13.2 Å². The van der Waals surface area contributed by atoms with Crippen LogP contribution in [0.2, 0.25) is 0 Å². The first-order valence-electron chi connectivity index (χ1n) is 8.76. The summed E-state index contributed by atoms with van der Waals surface area (Å²) in [5.74, 6) is 0.101. The van der Waals surface area contributed by atoms with Crippen LogP contribution in [-0.2, 0) is 14.8 Å². The molecule has 2 atom stereocenters. The zero-order valence-electron chi connectivity index (χ0n) is 14.5. The van der Waals surface area contributed by atoms with Crippen molar-refractivity contribution in [3.8, 4) is 0 Å². The van der Waals surface area contributed by atoms with Crippen molar-refractivity contribution in [3.05, 3.63) is 24.3 Å². The van der Waals surface area contributed by atoms with Crippen LogP contribution < -0.4 is 15.4 Å². The second kappa shape index (κ2) is 7.31. The number of anilines is 1. The molecule has 0 unspecified atom stereocenters. The summed E-state index contributed by atoms with van der Waals surface area (Å²) >= 11 is 0. The van der Waals surface area contributed by atoms with Crippen LogP contribution in [0.5, 0.6) is 0 Å². The summed E-state index contributed by atoms with van der Waals surface area (Å²) in [4.78, 5) is 16.8. The third kappa shape index (κ3) is 3.65. The Morgan fingerprint density at radius 3 is 2.44 bits per heavy atom. The fourth-order valence-corrected chi connectivity index (χ4v) is 4.70. The normalized spacial score (nSPS) is 24.6. The molecule has 7 nitrogen and oxygen atoms in total. The lowest BCUT2D eigenvalue weighted by Crippen LogP contribution is -2.52. The van der Waals surface area contributed by atoms with E-state index in [1.807, 2.05) is 21.9 Å². The van der Waals surface area contributed by atoms with E-state index in [0.717, 1.165) is 19.3 Å². The number of nitrogens with zero attached hydrogens (tertiary/aromatic N) is 2. The first kappa shape index (κ1) is 18.2. The molecule has 3 rings (SSSR count). The molecule has 138 valence electrons. The van der Waals surface area contributed by atoms with Gasteiger partial charge < -0.3 is 15.5 Å². The average Bonchev–Trinajstić information content (AvgIpc) is 3.07. The molecule has 8 heteroatoms. The van der Waals surface area contributed by atoms with Gasteiger partial charge in [0.1, 0.15) is 4.90 Å². The number of nitrogens with two attached hydrogens (primary N) is 1. The van der Waals surface area contributed by atoms with E-state index in [0.29, 0.717) is 31.9 Å². The van der Waals surface area contributed by atoms with E-state index in [9.17, 15) is 13.2 Å². The Hall–Kier alpha value is -1.64. The van der Waals surface area contributed by atoms with E-state index in [4.69, 9.17) is 5.73 Å². The van der Waals surface area contributed by atoms with E-state index in [1.165, 1.54) is 7.05 Å². The molecule has 1 heterocycles. The minimum atomic E-state index is -3.52. The van der Waals surface area contributed by atoms with E-state index < -0.39 is 10.0 Å². The van der Waals surface area contributed by atoms with Crippen molar-refractivity contribution in [2.75, 3.05) is 38.1 Å². The summed E-state index contributed by atoms with van der Waals surface area (Å²) in [5.41, 5.74) is 6.74. The van der Waals surface area contributed by atoms with Crippen LogP contribution >= 0.6 is 0 Å².